The number of urea groups is 1. The van der Waals surface area contributed by atoms with E-state index in [1.807, 2.05) is 6.92 Å². The molecule has 2 heterocycles. The number of aryl methyl sites for hydroxylation is 1. The predicted molar refractivity (Wildman–Crippen MR) is 111 cm³/mol. The van der Waals surface area contributed by atoms with Gasteiger partial charge in [-0.05, 0) is 56.5 Å². The van der Waals surface area contributed by atoms with E-state index in [2.05, 4.69) is 14.9 Å². The molecule has 0 radical (unpaired) electrons. The number of hydrogen-bond acceptors (Lipinski definition) is 2. The molecule has 0 bridgehead atoms. The van der Waals surface area contributed by atoms with Gasteiger partial charge in [0.15, 0.2) is 0 Å². The Kier molecular flexibility index (Phi) is 5.53. The van der Waals surface area contributed by atoms with Crippen molar-refractivity contribution in [2.24, 2.45) is 0 Å². The largest absolute Gasteiger partial charge is 0.326 e. The molecular weight excluding hydrogens is 386 g/mol. The molecule has 1 atom stereocenters. The van der Waals surface area contributed by atoms with E-state index in [0.29, 0.717) is 24.3 Å². The Hall–Kier alpha value is -3.22. The molecule has 3 aromatic rings. The summed E-state index contributed by atoms with van der Waals surface area (Å²) < 4.78 is 29.1. The molecule has 30 heavy (non-hydrogen) atoms. The zero-order valence-corrected chi connectivity index (χ0v) is 17.0. The molecule has 1 aromatic heterocycles. The Bertz CT molecular complexity index is 1060. The van der Waals surface area contributed by atoms with E-state index in [1.165, 1.54) is 18.2 Å². The minimum absolute atomic E-state index is 0.173. The van der Waals surface area contributed by atoms with Gasteiger partial charge in [-0.2, -0.15) is 0 Å². The first-order chi connectivity index (χ1) is 14.4. The van der Waals surface area contributed by atoms with Crippen LogP contribution in [0, 0.1) is 25.5 Å². The molecule has 1 aliphatic heterocycles. The molecule has 1 N–H and O–H groups in total. The van der Waals surface area contributed by atoms with Crippen molar-refractivity contribution in [3.63, 3.8) is 0 Å². The highest BCUT2D eigenvalue weighted by Gasteiger charge is 2.33. The van der Waals surface area contributed by atoms with E-state index in [4.69, 9.17) is 0 Å². The van der Waals surface area contributed by atoms with Crippen molar-refractivity contribution >= 4 is 11.7 Å². The highest BCUT2D eigenvalue weighted by molar-refractivity contribution is 5.90. The molecule has 156 valence electrons. The van der Waals surface area contributed by atoms with Crippen molar-refractivity contribution in [1.29, 1.82) is 0 Å². The molecule has 4 rings (SSSR count). The van der Waals surface area contributed by atoms with Crippen LogP contribution in [0.15, 0.2) is 48.7 Å². The number of hydrogen-bond donors (Lipinski definition) is 1. The van der Waals surface area contributed by atoms with E-state index < -0.39 is 0 Å². The Morgan fingerprint density at radius 3 is 2.70 bits per heavy atom. The fraction of sp³-hybridized carbons (Fsp3) is 0.304. The third kappa shape index (κ3) is 3.92. The maximum absolute atomic E-state index is 13.8. The van der Waals surface area contributed by atoms with Crippen molar-refractivity contribution < 1.29 is 13.6 Å². The summed E-state index contributed by atoms with van der Waals surface area (Å²) in [6.07, 6.45) is 3.46. The molecule has 0 saturated carbocycles. The van der Waals surface area contributed by atoms with Gasteiger partial charge in [-0.15, -0.1) is 0 Å². The molecule has 2 aromatic carbocycles. The molecule has 0 aliphatic carbocycles. The first kappa shape index (κ1) is 20.1. The normalized spacial score (nSPS) is 16.1. The zero-order chi connectivity index (χ0) is 21.3. The summed E-state index contributed by atoms with van der Waals surface area (Å²) in [6.45, 7) is 4.77. The van der Waals surface area contributed by atoms with Crippen LogP contribution in [0.3, 0.4) is 0 Å². The average molecular weight is 410 g/mol. The van der Waals surface area contributed by atoms with E-state index >= 15 is 0 Å². The number of imidazole rings is 1. The van der Waals surface area contributed by atoms with Crippen molar-refractivity contribution in [2.45, 2.75) is 39.3 Å². The molecule has 1 saturated heterocycles. The van der Waals surface area contributed by atoms with Crippen LogP contribution in [-0.4, -0.2) is 27.0 Å². The maximum atomic E-state index is 13.8. The van der Waals surface area contributed by atoms with Crippen LogP contribution in [0.25, 0.3) is 0 Å². The van der Waals surface area contributed by atoms with Gasteiger partial charge in [0, 0.05) is 36.2 Å². The van der Waals surface area contributed by atoms with Crippen LogP contribution in [0.5, 0.6) is 0 Å². The molecule has 2 amide bonds. The summed E-state index contributed by atoms with van der Waals surface area (Å²) in [5, 5.41) is 2.84. The lowest BCUT2D eigenvalue weighted by molar-refractivity contribution is 0.204. The van der Waals surface area contributed by atoms with Gasteiger partial charge in [0.1, 0.15) is 17.5 Å². The van der Waals surface area contributed by atoms with Crippen LogP contribution < -0.4 is 5.32 Å². The van der Waals surface area contributed by atoms with Gasteiger partial charge in [0.25, 0.3) is 0 Å². The van der Waals surface area contributed by atoms with Crippen LogP contribution >= 0.6 is 0 Å². The topological polar surface area (TPSA) is 50.2 Å². The van der Waals surface area contributed by atoms with Gasteiger partial charge < -0.3 is 14.8 Å². The molecular formula is C23H24F2N4O. The number of likely N-dealkylation sites (tertiary alicyclic amines) is 1. The summed E-state index contributed by atoms with van der Waals surface area (Å²) in [4.78, 5) is 19.3. The number of amides is 2. The van der Waals surface area contributed by atoms with Gasteiger partial charge in [-0.25, -0.2) is 18.6 Å². The Balaban J connectivity index is 1.57. The smallest absolute Gasteiger partial charge is 0.322 e. The molecule has 1 unspecified atom stereocenters. The fourth-order valence-corrected chi connectivity index (χ4v) is 3.93. The number of nitrogens with zero attached hydrogens (tertiary/aromatic N) is 3. The van der Waals surface area contributed by atoms with Gasteiger partial charge >= 0.3 is 6.03 Å². The summed E-state index contributed by atoms with van der Waals surface area (Å²) in [7, 11) is 0. The van der Waals surface area contributed by atoms with E-state index in [0.717, 1.165) is 29.9 Å². The number of nitrogens with one attached hydrogen (secondary N) is 1. The lowest BCUT2D eigenvalue weighted by Gasteiger charge is -2.26. The Labute approximate surface area is 174 Å². The second-order valence-corrected chi connectivity index (χ2v) is 7.66. The van der Waals surface area contributed by atoms with Crippen molar-refractivity contribution in [2.75, 3.05) is 11.9 Å². The van der Waals surface area contributed by atoms with Crippen LogP contribution in [0.1, 0.15) is 41.5 Å². The monoisotopic (exact) mass is 410 g/mol. The fourth-order valence-electron chi connectivity index (χ4n) is 3.93. The van der Waals surface area contributed by atoms with Crippen molar-refractivity contribution in [3.05, 3.63) is 82.9 Å². The predicted octanol–water partition coefficient (Wildman–Crippen LogP) is 5.20. The summed E-state index contributed by atoms with van der Waals surface area (Å²) >= 11 is 0. The molecule has 5 nitrogen and oxygen atoms in total. The van der Waals surface area contributed by atoms with Gasteiger partial charge in [-0.3, -0.25) is 0 Å². The Morgan fingerprint density at radius 2 is 1.93 bits per heavy atom. The first-order valence-electron chi connectivity index (χ1n) is 10.0. The van der Waals surface area contributed by atoms with E-state index in [9.17, 15) is 13.6 Å². The van der Waals surface area contributed by atoms with Gasteiger partial charge in [0.05, 0.1) is 6.04 Å². The highest BCUT2D eigenvalue weighted by Crippen LogP contribution is 2.33. The number of carbonyl (C=O) groups is 1. The standard InChI is InChI=1S/C23H24F2N4O/c1-15-13-26-22(29(15)14-17-8-10-18(24)11-9-17)21-7-4-12-28(21)23(30)27-20-6-3-5-19(25)16(20)2/h3,5-6,8-11,13,21H,4,7,12,14H2,1-2H3,(H,27,30). The number of carbonyl (C=O) groups excluding carboxylic acids is 1. The number of aromatic nitrogens is 2. The second kappa shape index (κ2) is 8.26. The summed E-state index contributed by atoms with van der Waals surface area (Å²) in [6, 6.07) is 10.6. The highest BCUT2D eigenvalue weighted by atomic mass is 19.1. The quantitative estimate of drug-likeness (QED) is 0.643. The van der Waals surface area contributed by atoms with E-state index in [-0.39, 0.29) is 23.7 Å². The number of anilines is 1. The lowest BCUT2D eigenvalue weighted by atomic mass is 10.1. The summed E-state index contributed by atoms with van der Waals surface area (Å²) in [5.41, 5.74) is 2.82. The van der Waals surface area contributed by atoms with Crippen molar-refractivity contribution in [1.82, 2.24) is 14.5 Å². The Morgan fingerprint density at radius 1 is 1.17 bits per heavy atom. The molecule has 1 aliphatic rings. The van der Waals surface area contributed by atoms with Crippen LogP contribution in [0.2, 0.25) is 0 Å². The first-order valence-corrected chi connectivity index (χ1v) is 10.0. The summed E-state index contributed by atoms with van der Waals surface area (Å²) in [5.74, 6) is 0.185. The number of benzene rings is 2. The third-order valence-electron chi connectivity index (χ3n) is 5.66. The minimum Gasteiger partial charge on any atom is -0.326 e. The SMILES string of the molecule is Cc1c(F)cccc1NC(=O)N1CCCC1c1ncc(C)n1Cc1ccc(F)cc1. The van der Waals surface area contributed by atoms with Crippen molar-refractivity contribution in [3.8, 4) is 0 Å². The number of halogens is 2. The van der Waals surface area contributed by atoms with Gasteiger partial charge in [0.2, 0.25) is 0 Å². The number of rotatable bonds is 4. The third-order valence-corrected chi connectivity index (χ3v) is 5.66. The maximum Gasteiger partial charge on any atom is 0.322 e. The lowest BCUT2D eigenvalue weighted by Crippen LogP contribution is -2.35. The molecule has 7 heteroatoms. The zero-order valence-electron chi connectivity index (χ0n) is 17.0. The van der Waals surface area contributed by atoms with Crippen LogP contribution in [-0.2, 0) is 6.54 Å². The van der Waals surface area contributed by atoms with Gasteiger partial charge in [-0.1, -0.05) is 18.2 Å². The van der Waals surface area contributed by atoms with Crippen LogP contribution in [0.4, 0.5) is 19.3 Å². The average Bonchev–Trinajstić information content (AvgIpc) is 3.34. The minimum atomic E-state index is -0.351. The second-order valence-electron chi connectivity index (χ2n) is 7.66. The molecule has 1 fully saturated rings. The molecule has 0 spiro atoms. The van der Waals surface area contributed by atoms with E-state index in [1.54, 1.807) is 42.3 Å².